The van der Waals surface area contributed by atoms with Crippen LogP contribution in [0, 0.1) is 18.3 Å². The Bertz CT molecular complexity index is 658. The molecule has 164 valence electrons. The van der Waals surface area contributed by atoms with Gasteiger partial charge in [-0.2, -0.15) is 5.26 Å². The Morgan fingerprint density at radius 1 is 0.828 bits per heavy atom. The average molecular weight is 403 g/mol. The molecule has 0 amide bonds. The fourth-order valence-electron chi connectivity index (χ4n) is 3.92. The number of hydrogen-bond acceptors (Lipinski definition) is 3. The Labute approximate surface area is 178 Å². The lowest BCUT2D eigenvalue weighted by Crippen LogP contribution is -2.20. The Balaban J connectivity index is 1.98. The molecule has 4 heteroatoms. The van der Waals surface area contributed by atoms with Gasteiger partial charge in [-0.05, 0) is 18.9 Å². The lowest BCUT2D eigenvalue weighted by atomic mass is 10.0. The monoisotopic (exact) mass is 402 g/mol. The molecule has 0 saturated carbocycles. The molecule has 0 aliphatic heterocycles. The van der Waals surface area contributed by atoms with Gasteiger partial charge in [0.05, 0.1) is 0 Å². The minimum atomic E-state index is -0.222. The van der Waals surface area contributed by atoms with Gasteiger partial charge in [-0.1, -0.05) is 103 Å². The SMILES string of the molecule is CCCCCCCCCCCCCCCCCCn1c(O)c(C#N)c(C)cc1=O. The maximum absolute atomic E-state index is 12.0. The zero-order valence-electron chi connectivity index (χ0n) is 18.8. The molecule has 0 spiro atoms. The molecule has 0 fully saturated rings. The summed E-state index contributed by atoms with van der Waals surface area (Å²) in [6.07, 6.45) is 20.9. The van der Waals surface area contributed by atoms with Gasteiger partial charge in [0.2, 0.25) is 5.88 Å². The average Bonchev–Trinajstić information content (AvgIpc) is 2.70. The molecule has 0 aliphatic carbocycles. The highest BCUT2D eigenvalue weighted by Gasteiger charge is 2.11. The van der Waals surface area contributed by atoms with E-state index in [2.05, 4.69) is 6.92 Å². The first-order chi connectivity index (χ1) is 14.1. The standard InChI is InChI=1S/C25H42N2O2/c1-3-4-5-6-7-8-9-10-11-12-13-14-15-16-17-18-19-27-24(28)20-22(2)23(21-26)25(27)29/h20,29H,3-19H2,1-2H3. The van der Waals surface area contributed by atoms with Crippen molar-refractivity contribution in [2.45, 2.75) is 123 Å². The Morgan fingerprint density at radius 2 is 1.24 bits per heavy atom. The molecule has 0 aliphatic rings. The zero-order valence-corrected chi connectivity index (χ0v) is 18.8. The van der Waals surface area contributed by atoms with Gasteiger partial charge in [-0.15, -0.1) is 0 Å². The van der Waals surface area contributed by atoms with E-state index in [0.717, 1.165) is 12.8 Å². The van der Waals surface area contributed by atoms with Crippen molar-refractivity contribution >= 4 is 0 Å². The Hall–Kier alpha value is -1.76. The molecular formula is C25H42N2O2. The lowest BCUT2D eigenvalue weighted by Gasteiger charge is -2.10. The van der Waals surface area contributed by atoms with Gasteiger partial charge in [0, 0.05) is 12.6 Å². The van der Waals surface area contributed by atoms with E-state index in [1.54, 1.807) is 6.92 Å². The second kappa shape index (κ2) is 16.1. The van der Waals surface area contributed by atoms with Crippen LogP contribution in [0.5, 0.6) is 5.88 Å². The Kier molecular flexibility index (Phi) is 14.0. The van der Waals surface area contributed by atoms with Crippen LogP contribution in [-0.2, 0) is 6.54 Å². The van der Waals surface area contributed by atoms with Crippen LogP contribution in [-0.4, -0.2) is 9.67 Å². The predicted octanol–water partition coefficient (Wildman–Crippen LogP) is 7.00. The highest BCUT2D eigenvalue weighted by atomic mass is 16.3. The maximum atomic E-state index is 12.0. The van der Waals surface area contributed by atoms with Crippen LogP contribution in [0.25, 0.3) is 0 Å². The molecule has 0 aromatic carbocycles. The van der Waals surface area contributed by atoms with Gasteiger partial charge < -0.3 is 5.11 Å². The van der Waals surface area contributed by atoms with Crippen molar-refractivity contribution in [3.05, 3.63) is 27.5 Å². The summed E-state index contributed by atoms with van der Waals surface area (Å²) in [5.41, 5.74) is 0.527. The second-order valence-electron chi connectivity index (χ2n) is 8.43. The van der Waals surface area contributed by atoms with Crippen molar-refractivity contribution < 1.29 is 5.11 Å². The van der Waals surface area contributed by atoms with Crippen molar-refractivity contribution in [2.24, 2.45) is 0 Å². The number of nitrogens with zero attached hydrogens (tertiary/aromatic N) is 2. The predicted molar refractivity (Wildman–Crippen MR) is 121 cm³/mol. The largest absolute Gasteiger partial charge is 0.493 e. The van der Waals surface area contributed by atoms with Gasteiger partial charge in [0.1, 0.15) is 11.6 Å². The molecular weight excluding hydrogens is 360 g/mol. The van der Waals surface area contributed by atoms with Gasteiger partial charge in [-0.3, -0.25) is 9.36 Å². The number of aromatic hydroxyl groups is 1. The molecule has 1 heterocycles. The number of aryl methyl sites for hydroxylation is 1. The third-order valence-electron chi connectivity index (χ3n) is 5.83. The quantitative estimate of drug-likeness (QED) is 0.285. The van der Waals surface area contributed by atoms with Crippen LogP contribution in [0.15, 0.2) is 10.9 Å². The normalized spacial score (nSPS) is 10.9. The van der Waals surface area contributed by atoms with E-state index in [1.807, 2.05) is 6.07 Å². The van der Waals surface area contributed by atoms with Gasteiger partial charge >= 0.3 is 0 Å². The zero-order chi connectivity index (χ0) is 21.3. The third-order valence-corrected chi connectivity index (χ3v) is 5.83. The molecule has 0 unspecified atom stereocenters. The molecule has 1 N–H and O–H groups in total. The van der Waals surface area contributed by atoms with Crippen LogP contribution in [0.1, 0.15) is 121 Å². The molecule has 1 rings (SSSR count). The minimum Gasteiger partial charge on any atom is -0.493 e. The lowest BCUT2D eigenvalue weighted by molar-refractivity contribution is 0.396. The highest BCUT2D eigenvalue weighted by Crippen LogP contribution is 2.18. The van der Waals surface area contributed by atoms with E-state index >= 15 is 0 Å². The number of unbranched alkanes of at least 4 members (excludes halogenated alkanes) is 15. The first kappa shape index (κ1) is 25.3. The van der Waals surface area contributed by atoms with Crippen LogP contribution in [0.2, 0.25) is 0 Å². The molecule has 0 atom stereocenters. The summed E-state index contributed by atoms with van der Waals surface area (Å²) in [5.74, 6) is -0.182. The smallest absolute Gasteiger partial charge is 0.253 e. The first-order valence-corrected chi connectivity index (χ1v) is 11.9. The number of aromatic nitrogens is 1. The van der Waals surface area contributed by atoms with Crippen LogP contribution < -0.4 is 5.56 Å². The van der Waals surface area contributed by atoms with Crippen molar-refractivity contribution in [2.75, 3.05) is 0 Å². The summed E-state index contributed by atoms with van der Waals surface area (Å²) in [5, 5.41) is 19.2. The topological polar surface area (TPSA) is 66.0 Å². The van der Waals surface area contributed by atoms with Gasteiger partial charge in [-0.25, -0.2) is 0 Å². The number of nitriles is 1. The van der Waals surface area contributed by atoms with Gasteiger partial charge in [0.25, 0.3) is 5.56 Å². The molecule has 0 bridgehead atoms. The van der Waals surface area contributed by atoms with Crippen molar-refractivity contribution in [1.29, 1.82) is 5.26 Å². The number of hydrogen-bond donors (Lipinski definition) is 1. The molecule has 0 radical (unpaired) electrons. The summed E-state index contributed by atoms with van der Waals surface area (Å²) < 4.78 is 1.33. The maximum Gasteiger partial charge on any atom is 0.253 e. The number of rotatable bonds is 17. The summed E-state index contributed by atoms with van der Waals surface area (Å²) in [6, 6.07) is 3.41. The minimum absolute atomic E-state index is 0.182. The van der Waals surface area contributed by atoms with Crippen molar-refractivity contribution in [3.63, 3.8) is 0 Å². The molecule has 29 heavy (non-hydrogen) atoms. The van der Waals surface area contributed by atoms with Gasteiger partial charge in [0.15, 0.2) is 0 Å². The van der Waals surface area contributed by atoms with E-state index in [0.29, 0.717) is 12.1 Å². The fourth-order valence-corrected chi connectivity index (χ4v) is 3.92. The Morgan fingerprint density at radius 3 is 1.66 bits per heavy atom. The molecule has 0 saturated heterocycles. The van der Waals surface area contributed by atoms with Crippen LogP contribution >= 0.6 is 0 Å². The fraction of sp³-hybridized carbons (Fsp3) is 0.760. The van der Waals surface area contributed by atoms with E-state index in [1.165, 1.54) is 101 Å². The summed E-state index contributed by atoms with van der Waals surface area (Å²) in [4.78, 5) is 12.0. The van der Waals surface area contributed by atoms with Crippen molar-refractivity contribution in [3.8, 4) is 11.9 Å². The van der Waals surface area contributed by atoms with Crippen LogP contribution in [0.3, 0.4) is 0 Å². The summed E-state index contributed by atoms with van der Waals surface area (Å²) in [7, 11) is 0. The molecule has 4 nitrogen and oxygen atoms in total. The highest BCUT2D eigenvalue weighted by molar-refractivity contribution is 5.43. The number of pyridine rings is 1. The van der Waals surface area contributed by atoms with E-state index in [4.69, 9.17) is 5.26 Å². The third kappa shape index (κ3) is 10.5. The van der Waals surface area contributed by atoms with E-state index in [-0.39, 0.29) is 17.0 Å². The summed E-state index contributed by atoms with van der Waals surface area (Å²) >= 11 is 0. The van der Waals surface area contributed by atoms with Crippen LogP contribution in [0.4, 0.5) is 0 Å². The van der Waals surface area contributed by atoms with E-state index < -0.39 is 0 Å². The first-order valence-electron chi connectivity index (χ1n) is 11.9. The molecule has 1 aromatic rings. The van der Waals surface area contributed by atoms with E-state index in [9.17, 15) is 9.90 Å². The molecule has 1 aromatic heterocycles. The summed E-state index contributed by atoms with van der Waals surface area (Å²) in [6.45, 7) is 4.43. The second-order valence-corrected chi connectivity index (χ2v) is 8.43. The van der Waals surface area contributed by atoms with Crippen molar-refractivity contribution in [1.82, 2.24) is 4.57 Å².